The molecule has 0 atom stereocenters. The zero-order valence-electron chi connectivity index (χ0n) is 22.4. The number of nitrogens with two attached hydrogens (primary N) is 1. The van der Waals surface area contributed by atoms with Crippen molar-refractivity contribution in [2.24, 2.45) is 0 Å². The van der Waals surface area contributed by atoms with Gasteiger partial charge in [-0.2, -0.15) is 5.10 Å². The lowest BCUT2D eigenvalue weighted by Crippen LogP contribution is -2.21. The normalized spacial score (nSPS) is 11.4. The number of fused-ring (bicyclic) bond motifs is 1. The molecule has 0 fully saturated rings. The molecule has 9 heteroatoms. The van der Waals surface area contributed by atoms with Gasteiger partial charge in [0.15, 0.2) is 0 Å². The first-order valence-corrected chi connectivity index (χ1v) is 12.6. The van der Waals surface area contributed by atoms with E-state index in [1.807, 2.05) is 73.7 Å². The lowest BCUT2D eigenvalue weighted by atomic mass is 9.92. The van der Waals surface area contributed by atoms with Crippen LogP contribution in [0.2, 0.25) is 0 Å². The number of nitrogen functional groups attached to an aromatic ring is 1. The third kappa shape index (κ3) is 5.82. The van der Waals surface area contributed by atoms with Crippen LogP contribution in [0.15, 0.2) is 79.0 Å². The van der Waals surface area contributed by atoms with Crippen LogP contribution in [0.4, 0.5) is 22.2 Å². The molecule has 4 N–H and O–H groups in total. The average Bonchev–Trinajstić information content (AvgIpc) is 3.33. The molecule has 0 bridgehead atoms. The number of carbonyl (C=O) groups excluding carboxylic acids is 1. The number of nitrogens with one attached hydrogen (secondary N) is 2. The van der Waals surface area contributed by atoms with Gasteiger partial charge in [-0.1, -0.05) is 62.7 Å². The monoisotopic (exact) mass is 521 g/mol. The third-order valence-corrected chi connectivity index (χ3v) is 6.24. The van der Waals surface area contributed by atoms with Gasteiger partial charge >= 0.3 is 6.03 Å². The van der Waals surface area contributed by atoms with Crippen molar-refractivity contribution >= 4 is 34.3 Å². The molecule has 0 saturated carbocycles. The van der Waals surface area contributed by atoms with Gasteiger partial charge in [0.25, 0.3) is 0 Å². The largest absolute Gasteiger partial charge is 0.487 e. The van der Waals surface area contributed by atoms with Gasteiger partial charge in [-0.15, -0.1) is 0 Å². The topological polar surface area (TPSA) is 120 Å². The van der Waals surface area contributed by atoms with Crippen molar-refractivity contribution in [3.05, 3.63) is 95.9 Å². The number of amides is 2. The maximum Gasteiger partial charge on any atom is 0.324 e. The van der Waals surface area contributed by atoms with Crippen molar-refractivity contribution < 1.29 is 9.53 Å². The summed E-state index contributed by atoms with van der Waals surface area (Å²) >= 11 is 0. The van der Waals surface area contributed by atoms with Crippen LogP contribution < -0.4 is 21.1 Å². The molecule has 2 amide bonds. The number of nitrogens with zero attached hydrogens (tertiary/aromatic N) is 4. The summed E-state index contributed by atoms with van der Waals surface area (Å²) in [6, 6.07) is 22.7. The van der Waals surface area contributed by atoms with Gasteiger partial charge < -0.3 is 15.8 Å². The highest BCUT2D eigenvalue weighted by Crippen LogP contribution is 2.32. The first kappa shape index (κ1) is 25.7. The first-order chi connectivity index (χ1) is 18.7. The highest BCUT2D eigenvalue weighted by Gasteiger charge is 2.22. The first-order valence-electron chi connectivity index (χ1n) is 12.6. The van der Waals surface area contributed by atoms with Crippen LogP contribution in [0.25, 0.3) is 16.5 Å². The minimum atomic E-state index is -0.376. The molecule has 0 unspecified atom stereocenters. The number of anilines is 3. The molecule has 198 valence electrons. The maximum atomic E-state index is 13.2. The van der Waals surface area contributed by atoms with E-state index >= 15 is 0 Å². The molecule has 0 spiro atoms. The van der Waals surface area contributed by atoms with Crippen molar-refractivity contribution in [3.8, 4) is 11.4 Å². The molecule has 5 aromatic rings. The number of carbonyl (C=O) groups is 1. The molecule has 2 heterocycles. The number of hydrogen-bond acceptors (Lipinski definition) is 6. The number of aryl methyl sites for hydroxylation is 1. The Bertz CT molecular complexity index is 1640. The molecular weight excluding hydrogens is 490 g/mol. The zero-order chi connectivity index (χ0) is 27.6. The molecule has 5 rings (SSSR count). The highest BCUT2D eigenvalue weighted by atomic mass is 16.5. The predicted molar refractivity (Wildman–Crippen MR) is 154 cm³/mol. The Morgan fingerprint density at radius 3 is 2.44 bits per heavy atom. The summed E-state index contributed by atoms with van der Waals surface area (Å²) in [5.41, 5.74) is 9.70. The summed E-state index contributed by atoms with van der Waals surface area (Å²) < 4.78 is 7.80. The lowest BCUT2D eigenvalue weighted by molar-refractivity contribution is 0.262. The number of hydrogen-bond donors (Lipinski definition) is 3. The number of aromatic nitrogens is 4. The smallest absolute Gasteiger partial charge is 0.324 e. The fourth-order valence-electron chi connectivity index (χ4n) is 4.14. The third-order valence-electron chi connectivity index (χ3n) is 6.24. The molecule has 39 heavy (non-hydrogen) atoms. The lowest BCUT2D eigenvalue weighted by Gasteiger charge is -2.14. The molecule has 9 nitrogen and oxygen atoms in total. The number of benzene rings is 3. The second kappa shape index (κ2) is 10.4. The number of urea groups is 1. The van der Waals surface area contributed by atoms with E-state index in [9.17, 15) is 4.79 Å². The molecule has 0 aliphatic rings. The standard InChI is InChI=1S/C30H31N7O2/c1-19-9-11-21(12-10-19)37-27(17-26(36-37)30(2,3)4)35-29(38)34-24-13-14-25(23-8-6-5-7-22(23)24)39-18-20-15-16-32-28(31)33-20/h5-17H,18H2,1-4H3,(H2,31,32,33)(H2,34,35,38). The van der Waals surface area contributed by atoms with E-state index in [1.165, 1.54) is 0 Å². The summed E-state index contributed by atoms with van der Waals surface area (Å²) in [5.74, 6) is 1.44. The Balaban J connectivity index is 1.39. The summed E-state index contributed by atoms with van der Waals surface area (Å²) in [4.78, 5) is 21.3. The summed E-state index contributed by atoms with van der Waals surface area (Å²) in [5, 5.41) is 12.5. The van der Waals surface area contributed by atoms with E-state index in [1.54, 1.807) is 16.9 Å². The number of rotatable bonds is 6. The summed E-state index contributed by atoms with van der Waals surface area (Å²) in [6.07, 6.45) is 1.60. The highest BCUT2D eigenvalue weighted by molar-refractivity contribution is 6.07. The quantitative estimate of drug-likeness (QED) is 0.244. The van der Waals surface area contributed by atoms with E-state index in [4.69, 9.17) is 15.6 Å². The van der Waals surface area contributed by atoms with Gasteiger partial charge in [-0.05, 0) is 37.3 Å². The van der Waals surface area contributed by atoms with Crippen LogP contribution >= 0.6 is 0 Å². The minimum Gasteiger partial charge on any atom is -0.487 e. The molecule has 3 aromatic carbocycles. The van der Waals surface area contributed by atoms with Crippen molar-refractivity contribution in [1.82, 2.24) is 19.7 Å². The van der Waals surface area contributed by atoms with Crippen molar-refractivity contribution in [3.63, 3.8) is 0 Å². The van der Waals surface area contributed by atoms with Crippen molar-refractivity contribution in [2.45, 2.75) is 39.7 Å². The Morgan fingerprint density at radius 2 is 1.72 bits per heavy atom. The Labute approximate surface area is 227 Å². The van der Waals surface area contributed by atoms with Gasteiger partial charge in [0.2, 0.25) is 5.95 Å². The van der Waals surface area contributed by atoms with E-state index in [0.29, 0.717) is 22.9 Å². The molecule has 0 radical (unpaired) electrons. The van der Waals surface area contributed by atoms with Crippen LogP contribution in [0.3, 0.4) is 0 Å². The van der Waals surface area contributed by atoms with Gasteiger partial charge in [0, 0.05) is 28.5 Å². The fraction of sp³-hybridized carbons (Fsp3) is 0.200. The van der Waals surface area contributed by atoms with Crippen LogP contribution in [0.5, 0.6) is 5.75 Å². The molecule has 0 aliphatic carbocycles. The summed E-state index contributed by atoms with van der Waals surface area (Å²) in [6.45, 7) is 8.55. The SMILES string of the molecule is Cc1ccc(-n2nc(C(C)(C)C)cc2NC(=O)Nc2ccc(OCc3ccnc(N)n3)c3ccccc23)cc1. The molecular formula is C30H31N7O2. The van der Waals surface area contributed by atoms with Gasteiger partial charge in [-0.3, -0.25) is 5.32 Å². The second-order valence-corrected chi connectivity index (χ2v) is 10.3. The maximum absolute atomic E-state index is 13.2. The molecule has 0 saturated heterocycles. The van der Waals surface area contributed by atoms with E-state index in [0.717, 1.165) is 27.7 Å². The molecule has 0 aliphatic heterocycles. The predicted octanol–water partition coefficient (Wildman–Crippen LogP) is 6.23. The van der Waals surface area contributed by atoms with Crippen molar-refractivity contribution in [1.29, 1.82) is 0 Å². The second-order valence-electron chi connectivity index (χ2n) is 10.3. The number of ether oxygens (including phenoxy) is 1. The van der Waals surface area contributed by atoms with E-state index in [2.05, 4.69) is 41.4 Å². The van der Waals surface area contributed by atoms with Crippen LogP contribution in [-0.2, 0) is 12.0 Å². The van der Waals surface area contributed by atoms with Crippen molar-refractivity contribution in [2.75, 3.05) is 16.4 Å². The van der Waals surface area contributed by atoms with E-state index < -0.39 is 0 Å². The van der Waals surface area contributed by atoms with Crippen LogP contribution in [-0.4, -0.2) is 25.8 Å². The Morgan fingerprint density at radius 1 is 0.974 bits per heavy atom. The zero-order valence-corrected chi connectivity index (χ0v) is 22.4. The van der Waals surface area contributed by atoms with E-state index in [-0.39, 0.29) is 24.0 Å². The average molecular weight is 522 g/mol. The van der Waals surface area contributed by atoms with Gasteiger partial charge in [0.05, 0.1) is 22.8 Å². The Kier molecular flexibility index (Phi) is 6.89. The Hall–Kier alpha value is -4.92. The van der Waals surface area contributed by atoms with Crippen LogP contribution in [0, 0.1) is 6.92 Å². The summed E-state index contributed by atoms with van der Waals surface area (Å²) in [7, 11) is 0. The fourth-order valence-corrected chi connectivity index (χ4v) is 4.14. The van der Waals surface area contributed by atoms with Gasteiger partial charge in [0.1, 0.15) is 18.2 Å². The van der Waals surface area contributed by atoms with Gasteiger partial charge in [-0.25, -0.2) is 19.4 Å². The van der Waals surface area contributed by atoms with Crippen LogP contribution in [0.1, 0.15) is 37.7 Å². The molecule has 2 aromatic heterocycles. The minimum absolute atomic E-state index is 0.188.